The highest BCUT2D eigenvalue weighted by atomic mass is 32.2. The Bertz CT molecular complexity index is 995. The van der Waals surface area contributed by atoms with Crippen molar-refractivity contribution in [2.45, 2.75) is 11.3 Å². The molecule has 7 nitrogen and oxygen atoms in total. The van der Waals surface area contributed by atoms with Crippen molar-refractivity contribution in [2.75, 3.05) is 11.1 Å². The maximum Gasteiger partial charge on any atom is 0.272 e. The molecule has 10 heteroatoms. The van der Waals surface area contributed by atoms with E-state index in [0.29, 0.717) is 9.47 Å². The van der Waals surface area contributed by atoms with E-state index in [-0.39, 0.29) is 11.3 Å². The second kappa shape index (κ2) is 9.29. The van der Waals surface area contributed by atoms with Gasteiger partial charge in [-0.25, -0.2) is 4.39 Å². The molecule has 0 unspecified atom stereocenters. The molecule has 3 aromatic rings. The molecule has 0 fully saturated rings. The van der Waals surface area contributed by atoms with E-state index in [1.807, 2.05) is 31.2 Å². The van der Waals surface area contributed by atoms with Gasteiger partial charge in [0.2, 0.25) is 11.0 Å². The fourth-order valence-corrected chi connectivity index (χ4v) is 3.74. The van der Waals surface area contributed by atoms with Gasteiger partial charge in [-0.15, -0.1) is 10.2 Å². The highest BCUT2D eigenvalue weighted by molar-refractivity contribution is 8.01. The van der Waals surface area contributed by atoms with Crippen LogP contribution in [0.2, 0.25) is 0 Å². The highest BCUT2D eigenvalue weighted by Gasteiger charge is 2.13. The van der Waals surface area contributed by atoms with Crippen molar-refractivity contribution in [3.05, 3.63) is 65.5 Å². The fourth-order valence-electron chi connectivity index (χ4n) is 2.17. The summed E-state index contributed by atoms with van der Waals surface area (Å²) in [6, 6.07) is 13.4. The smallest absolute Gasteiger partial charge is 0.272 e. The van der Waals surface area contributed by atoms with Crippen molar-refractivity contribution in [1.82, 2.24) is 21.0 Å². The van der Waals surface area contributed by atoms with Crippen molar-refractivity contribution in [3.63, 3.8) is 0 Å². The summed E-state index contributed by atoms with van der Waals surface area (Å²) >= 11 is 2.49. The lowest BCUT2D eigenvalue weighted by Gasteiger charge is -2.07. The van der Waals surface area contributed by atoms with Gasteiger partial charge in [-0.3, -0.25) is 20.4 Å². The maximum absolute atomic E-state index is 13.5. The average Bonchev–Trinajstić information content (AvgIpc) is 3.12. The summed E-state index contributed by atoms with van der Waals surface area (Å²) in [6.07, 6.45) is 0. The number of nitrogens with zero attached hydrogens (tertiary/aromatic N) is 2. The van der Waals surface area contributed by atoms with Crippen LogP contribution in [0.1, 0.15) is 15.9 Å². The zero-order valence-corrected chi connectivity index (χ0v) is 16.4. The maximum atomic E-state index is 13.5. The number of rotatable bonds is 6. The molecule has 3 N–H and O–H groups in total. The van der Waals surface area contributed by atoms with Crippen LogP contribution < -0.4 is 16.2 Å². The number of benzene rings is 2. The van der Waals surface area contributed by atoms with Gasteiger partial charge >= 0.3 is 0 Å². The van der Waals surface area contributed by atoms with E-state index in [2.05, 4.69) is 26.4 Å². The first-order valence-electron chi connectivity index (χ1n) is 8.15. The minimum absolute atomic E-state index is 0.0244. The number of aryl methyl sites for hydroxylation is 1. The van der Waals surface area contributed by atoms with E-state index >= 15 is 0 Å². The number of nitrogens with one attached hydrogen (secondary N) is 3. The van der Waals surface area contributed by atoms with Gasteiger partial charge < -0.3 is 5.32 Å². The third kappa shape index (κ3) is 5.51. The number of carbonyl (C=O) groups is 2. The molecule has 1 aromatic heterocycles. The number of carbonyl (C=O) groups excluding carboxylic acids is 2. The van der Waals surface area contributed by atoms with E-state index in [1.165, 1.54) is 47.4 Å². The molecule has 3 rings (SSSR count). The van der Waals surface area contributed by atoms with Gasteiger partial charge in [0.25, 0.3) is 5.91 Å². The van der Waals surface area contributed by atoms with Crippen molar-refractivity contribution in [3.8, 4) is 0 Å². The Kier molecular flexibility index (Phi) is 6.56. The summed E-state index contributed by atoms with van der Waals surface area (Å²) in [5.74, 6) is -1.81. The lowest BCUT2D eigenvalue weighted by Crippen LogP contribution is -2.42. The number of hydrazine groups is 1. The van der Waals surface area contributed by atoms with Gasteiger partial charge in [0.1, 0.15) is 5.82 Å². The quantitative estimate of drug-likeness (QED) is 0.421. The molecule has 0 saturated heterocycles. The summed E-state index contributed by atoms with van der Waals surface area (Å²) in [6.45, 7) is 2.00. The standard InChI is InChI=1S/C18H16FN5O2S2/c1-11-5-4-6-12(9-11)20-17-23-24-18(28-17)27-10-15(25)21-22-16(26)13-7-2-3-8-14(13)19/h2-9H,10H2,1H3,(H,20,23)(H,21,25)(H,22,26). The summed E-state index contributed by atoms with van der Waals surface area (Å²) < 4.78 is 14.1. The van der Waals surface area contributed by atoms with Crippen LogP contribution in [-0.2, 0) is 4.79 Å². The van der Waals surface area contributed by atoms with Crippen LogP contribution >= 0.6 is 23.1 Å². The number of amides is 2. The van der Waals surface area contributed by atoms with Gasteiger partial charge in [0.05, 0.1) is 11.3 Å². The Labute approximate surface area is 168 Å². The Morgan fingerprint density at radius 1 is 1.11 bits per heavy atom. The lowest BCUT2D eigenvalue weighted by atomic mass is 10.2. The molecule has 1 heterocycles. The van der Waals surface area contributed by atoms with Crippen molar-refractivity contribution in [2.24, 2.45) is 0 Å². The number of hydrogen-bond donors (Lipinski definition) is 3. The molecule has 0 bridgehead atoms. The van der Waals surface area contributed by atoms with Crippen LogP contribution in [0.5, 0.6) is 0 Å². The molecular formula is C18H16FN5O2S2. The molecule has 0 saturated carbocycles. The van der Waals surface area contributed by atoms with Crippen LogP contribution in [0, 0.1) is 12.7 Å². The lowest BCUT2D eigenvalue weighted by molar-refractivity contribution is -0.119. The van der Waals surface area contributed by atoms with E-state index in [9.17, 15) is 14.0 Å². The normalized spacial score (nSPS) is 10.4. The molecule has 2 amide bonds. The van der Waals surface area contributed by atoms with Gasteiger partial charge in [-0.05, 0) is 36.8 Å². The molecule has 28 heavy (non-hydrogen) atoms. The van der Waals surface area contributed by atoms with Gasteiger partial charge in [-0.1, -0.05) is 47.4 Å². The zero-order valence-electron chi connectivity index (χ0n) is 14.7. The number of thioether (sulfide) groups is 1. The summed E-state index contributed by atoms with van der Waals surface area (Å²) in [5, 5.41) is 11.8. The van der Waals surface area contributed by atoms with Gasteiger partial charge in [0, 0.05) is 5.69 Å². The molecule has 0 atom stereocenters. The Hall–Kier alpha value is -2.98. The highest BCUT2D eigenvalue weighted by Crippen LogP contribution is 2.27. The van der Waals surface area contributed by atoms with Crippen LogP contribution in [-0.4, -0.2) is 27.8 Å². The fraction of sp³-hybridized carbons (Fsp3) is 0.111. The van der Waals surface area contributed by atoms with E-state index in [1.54, 1.807) is 0 Å². The van der Waals surface area contributed by atoms with Crippen LogP contribution in [0.3, 0.4) is 0 Å². The monoisotopic (exact) mass is 417 g/mol. The number of aromatic nitrogens is 2. The van der Waals surface area contributed by atoms with E-state index < -0.39 is 17.6 Å². The van der Waals surface area contributed by atoms with Gasteiger partial charge in [-0.2, -0.15) is 0 Å². The summed E-state index contributed by atoms with van der Waals surface area (Å²) in [7, 11) is 0. The molecule has 0 spiro atoms. The second-order valence-electron chi connectivity index (χ2n) is 5.64. The number of hydrogen-bond acceptors (Lipinski definition) is 7. The van der Waals surface area contributed by atoms with Crippen molar-refractivity contribution in [1.29, 1.82) is 0 Å². The summed E-state index contributed by atoms with van der Waals surface area (Å²) in [4.78, 5) is 23.7. The molecule has 0 aliphatic carbocycles. The minimum Gasteiger partial charge on any atom is -0.330 e. The third-order valence-corrected chi connectivity index (χ3v) is 5.41. The topological polar surface area (TPSA) is 96.0 Å². The average molecular weight is 417 g/mol. The Morgan fingerprint density at radius 2 is 1.93 bits per heavy atom. The molecule has 0 radical (unpaired) electrons. The first kappa shape index (κ1) is 19.8. The molecule has 144 valence electrons. The zero-order chi connectivity index (χ0) is 19.9. The first-order chi connectivity index (χ1) is 13.5. The van der Waals surface area contributed by atoms with Crippen molar-refractivity contribution < 1.29 is 14.0 Å². The van der Waals surface area contributed by atoms with Crippen LogP contribution in [0.4, 0.5) is 15.2 Å². The van der Waals surface area contributed by atoms with Gasteiger partial charge in [0.15, 0.2) is 4.34 Å². The van der Waals surface area contributed by atoms with Crippen LogP contribution in [0.15, 0.2) is 52.9 Å². The second-order valence-corrected chi connectivity index (χ2v) is 7.84. The molecule has 0 aliphatic rings. The molecule has 2 aromatic carbocycles. The van der Waals surface area contributed by atoms with Crippen LogP contribution in [0.25, 0.3) is 0 Å². The number of halogens is 1. The van der Waals surface area contributed by atoms with E-state index in [0.717, 1.165) is 11.3 Å². The Morgan fingerprint density at radius 3 is 2.71 bits per heavy atom. The molecular weight excluding hydrogens is 401 g/mol. The molecule has 0 aliphatic heterocycles. The largest absolute Gasteiger partial charge is 0.330 e. The Balaban J connectivity index is 1.45. The minimum atomic E-state index is -0.725. The van der Waals surface area contributed by atoms with Crippen molar-refractivity contribution >= 4 is 45.7 Å². The predicted molar refractivity (Wildman–Crippen MR) is 107 cm³/mol. The third-order valence-electron chi connectivity index (χ3n) is 3.44. The SMILES string of the molecule is Cc1cccc(Nc2nnc(SCC(=O)NNC(=O)c3ccccc3F)s2)c1. The van der Waals surface area contributed by atoms with E-state index in [4.69, 9.17) is 0 Å². The summed E-state index contributed by atoms with van der Waals surface area (Å²) in [5.41, 5.74) is 6.31. The number of anilines is 2. The predicted octanol–water partition coefficient (Wildman–Crippen LogP) is 3.28. The first-order valence-corrected chi connectivity index (χ1v) is 9.95.